The number of hydrogen-bond donors (Lipinski definition) is 1. The molecule has 0 bridgehead atoms. The third-order valence-electron chi connectivity index (χ3n) is 2.48. The molecule has 0 aliphatic heterocycles. The molecule has 0 heterocycles. The molecule has 0 radical (unpaired) electrons. The lowest BCUT2D eigenvalue weighted by atomic mass is 10.1. The van der Waals surface area contributed by atoms with Crippen LogP contribution in [-0.2, 0) is 4.79 Å². The number of benzene rings is 1. The second-order valence-electron chi connectivity index (χ2n) is 4.04. The lowest BCUT2D eigenvalue weighted by Crippen LogP contribution is -2.29. The summed E-state index contributed by atoms with van der Waals surface area (Å²) >= 11 is 0. The van der Waals surface area contributed by atoms with Gasteiger partial charge in [-0.1, -0.05) is 25.5 Å². The van der Waals surface area contributed by atoms with Gasteiger partial charge in [-0.2, -0.15) is 0 Å². The van der Waals surface area contributed by atoms with E-state index in [1.54, 1.807) is 24.3 Å². The minimum atomic E-state index is -0.165. The van der Waals surface area contributed by atoms with E-state index < -0.39 is 0 Å². The number of amides is 1. The molecule has 0 spiro atoms. The van der Waals surface area contributed by atoms with E-state index in [-0.39, 0.29) is 18.3 Å². The Morgan fingerprint density at radius 2 is 2.00 bits per heavy atom. The van der Waals surface area contributed by atoms with Crippen LogP contribution in [0.5, 0.6) is 5.75 Å². The second-order valence-corrected chi connectivity index (χ2v) is 4.04. The Morgan fingerprint density at radius 3 is 2.67 bits per heavy atom. The SMILES string of the molecule is CCCCNC(=O)COc1ccccc1C(C)=O. The zero-order chi connectivity index (χ0) is 13.4. The highest BCUT2D eigenvalue weighted by Gasteiger charge is 2.09. The molecule has 0 aliphatic carbocycles. The Kier molecular flexibility index (Phi) is 5.91. The van der Waals surface area contributed by atoms with Gasteiger partial charge in [-0.25, -0.2) is 0 Å². The molecule has 1 aromatic carbocycles. The van der Waals surface area contributed by atoms with Gasteiger partial charge in [0.2, 0.25) is 0 Å². The molecule has 18 heavy (non-hydrogen) atoms. The molecule has 0 aliphatic rings. The van der Waals surface area contributed by atoms with Crippen LogP contribution >= 0.6 is 0 Å². The molecule has 0 aromatic heterocycles. The van der Waals surface area contributed by atoms with Crippen molar-refractivity contribution in [2.75, 3.05) is 13.2 Å². The summed E-state index contributed by atoms with van der Waals surface area (Å²) in [6.07, 6.45) is 1.99. The first-order chi connectivity index (χ1) is 8.65. The second kappa shape index (κ2) is 7.48. The van der Waals surface area contributed by atoms with Crippen LogP contribution in [0.4, 0.5) is 0 Å². The van der Waals surface area contributed by atoms with Crippen LogP contribution in [0.2, 0.25) is 0 Å². The van der Waals surface area contributed by atoms with Crippen LogP contribution < -0.4 is 10.1 Å². The van der Waals surface area contributed by atoms with E-state index in [2.05, 4.69) is 12.2 Å². The molecule has 1 N–H and O–H groups in total. The highest BCUT2D eigenvalue weighted by atomic mass is 16.5. The van der Waals surface area contributed by atoms with E-state index in [1.165, 1.54) is 6.92 Å². The molecule has 4 nitrogen and oxygen atoms in total. The van der Waals surface area contributed by atoms with E-state index in [1.807, 2.05) is 0 Å². The van der Waals surface area contributed by atoms with Gasteiger partial charge in [-0.3, -0.25) is 9.59 Å². The van der Waals surface area contributed by atoms with E-state index in [4.69, 9.17) is 4.74 Å². The highest BCUT2D eigenvalue weighted by Crippen LogP contribution is 2.17. The number of carbonyl (C=O) groups is 2. The maximum Gasteiger partial charge on any atom is 0.257 e. The topological polar surface area (TPSA) is 55.4 Å². The molecule has 1 rings (SSSR count). The summed E-state index contributed by atoms with van der Waals surface area (Å²) in [7, 11) is 0. The van der Waals surface area contributed by atoms with Crippen molar-refractivity contribution in [2.45, 2.75) is 26.7 Å². The van der Waals surface area contributed by atoms with Gasteiger partial charge in [-0.05, 0) is 25.5 Å². The number of hydrogen-bond acceptors (Lipinski definition) is 3. The zero-order valence-electron chi connectivity index (χ0n) is 10.9. The number of ether oxygens (including phenoxy) is 1. The average Bonchev–Trinajstić information content (AvgIpc) is 2.37. The van der Waals surface area contributed by atoms with Gasteiger partial charge < -0.3 is 10.1 Å². The number of carbonyl (C=O) groups excluding carboxylic acids is 2. The van der Waals surface area contributed by atoms with Crippen LogP contribution in [0.3, 0.4) is 0 Å². The fourth-order valence-corrected chi connectivity index (χ4v) is 1.48. The van der Waals surface area contributed by atoms with Crippen molar-refractivity contribution < 1.29 is 14.3 Å². The smallest absolute Gasteiger partial charge is 0.257 e. The lowest BCUT2D eigenvalue weighted by molar-refractivity contribution is -0.123. The van der Waals surface area contributed by atoms with Crippen molar-refractivity contribution in [3.05, 3.63) is 29.8 Å². The van der Waals surface area contributed by atoms with Crippen LogP contribution in [0.25, 0.3) is 0 Å². The number of ketones is 1. The average molecular weight is 249 g/mol. The van der Waals surface area contributed by atoms with Gasteiger partial charge in [-0.15, -0.1) is 0 Å². The monoisotopic (exact) mass is 249 g/mol. The van der Waals surface area contributed by atoms with Gasteiger partial charge >= 0.3 is 0 Å². The Bertz CT molecular complexity index is 415. The van der Waals surface area contributed by atoms with Crippen molar-refractivity contribution in [1.29, 1.82) is 0 Å². The zero-order valence-corrected chi connectivity index (χ0v) is 10.9. The summed E-state index contributed by atoms with van der Waals surface area (Å²) in [5.74, 6) is 0.217. The summed E-state index contributed by atoms with van der Waals surface area (Å²) in [6, 6.07) is 6.92. The van der Waals surface area contributed by atoms with E-state index in [0.717, 1.165) is 12.8 Å². The van der Waals surface area contributed by atoms with Gasteiger partial charge in [0.1, 0.15) is 5.75 Å². The third kappa shape index (κ3) is 4.57. The summed E-state index contributed by atoms with van der Waals surface area (Å²) in [4.78, 5) is 22.8. The molecule has 1 amide bonds. The predicted molar refractivity (Wildman–Crippen MR) is 69.9 cm³/mol. The Morgan fingerprint density at radius 1 is 1.28 bits per heavy atom. The third-order valence-corrected chi connectivity index (χ3v) is 2.48. The summed E-state index contributed by atoms with van der Waals surface area (Å²) in [5.41, 5.74) is 0.499. The van der Waals surface area contributed by atoms with Gasteiger partial charge in [0.25, 0.3) is 5.91 Å². The Balaban J connectivity index is 2.48. The van der Waals surface area contributed by atoms with E-state index >= 15 is 0 Å². The molecule has 4 heteroatoms. The first kappa shape index (κ1) is 14.2. The van der Waals surface area contributed by atoms with Crippen molar-refractivity contribution in [1.82, 2.24) is 5.32 Å². The van der Waals surface area contributed by atoms with Crippen molar-refractivity contribution in [2.24, 2.45) is 0 Å². The summed E-state index contributed by atoms with van der Waals surface area (Å²) < 4.78 is 5.36. The van der Waals surface area contributed by atoms with E-state index in [0.29, 0.717) is 17.9 Å². The normalized spacial score (nSPS) is 9.89. The first-order valence-electron chi connectivity index (χ1n) is 6.14. The maximum atomic E-state index is 11.5. The maximum absolute atomic E-state index is 11.5. The Labute approximate surface area is 107 Å². The van der Waals surface area contributed by atoms with Crippen LogP contribution in [-0.4, -0.2) is 24.8 Å². The molecule has 1 aromatic rings. The Hall–Kier alpha value is -1.84. The summed E-state index contributed by atoms with van der Waals surface area (Å²) in [6.45, 7) is 4.14. The number of rotatable bonds is 7. The van der Waals surface area contributed by atoms with Crippen LogP contribution in [0, 0.1) is 0 Å². The molecular weight excluding hydrogens is 230 g/mol. The minimum absolute atomic E-state index is 0.0615. The number of para-hydroxylation sites is 1. The van der Waals surface area contributed by atoms with Crippen LogP contribution in [0.1, 0.15) is 37.0 Å². The largest absolute Gasteiger partial charge is 0.483 e. The summed E-state index contributed by atoms with van der Waals surface area (Å²) in [5, 5.41) is 2.75. The number of Topliss-reactive ketones (excluding diaryl/α,β-unsaturated/α-hetero) is 1. The molecular formula is C14H19NO3. The van der Waals surface area contributed by atoms with E-state index in [9.17, 15) is 9.59 Å². The van der Waals surface area contributed by atoms with Crippen LogP contribution in [0.15, 0.2) is 24.3 Å². The molecule has 98 valence electrons. The minimum Gasteiger partial charge on any atom is -0.483 e. The predicted octanol–water partition coefficient (Wildman–Crippen LogP) is 2.18. The lowest BCUT2D eigenvalue weighted by Gasteiger charge is -2.09. The molecule has 0 fully saturated rings. The number of unbranched alkanes of at least 4 members (excludes halogenated alkanes) is 1. The number of nitrogens with one attached hydrogen (secondary N) is 1. The van der Waals surface area contributed by atoms with Gasteiger partial charge in [0.15, 0.2) is 12.4 Å². The quantitative estimate of drug-likeness (QED) is 0.595. The van der Waals surface area contributed by atoms with Gasteiger partial charge in [0.05, 0.1) is 5.56 Å². The van der Waals surface area contributed by atoms with Crippen molar-refractivity contribution >= 4 is 11.7 Å². The molecule has 0 atom stereocenters. The highest BCUT2D eigenvalue weighted by molar-refractivity contribution is 5.96. The van der Waals surface area contributed by atoms with Crippen molar-refractivity contribution in [3.8, 4) is 5.75 Å². The van der Waals surface area contributed by atoms with Gasteiger partial charge in [0, 0.05) is 6.54 Å². The standard InChI is InChI=1S/C14H19NO3/c1-3-4-9-15-14(17)10-18-13-8-6-5-7-12(13)11(2)16/h5-8H,3-4,9-10H2,1-2H3,(H,15,17). The van der Waals surface area contributed by atoms with Crippen molar-refractivity contribution in [3.63, 3.8) is 0 Å². The fraction of sp³-hybridized carbons (Fsp3) is 0.429. The fourth-order valence-electron chi connectivity index (χ4n) is 1.48. The molecule has 0 unspecified atom stereocenters. The first-order valence-corrected chi connectivity index (χ1v) is 6.14. The molecule has 0 saturated carbocycles. The molecule has 0 saturated heterocycles.